The highest BCUT2D eigenvalue weighted by Crippen LogP contribution is 2.15. The third kappa shape index (κ3) is 5.47. The predicted octanol–water partition coefficient (Wildman–Crippen LogP) is 5.21. The molecule has 0 radical (unpaired) electrons. The van der Waals surface area contributed by atoms with Gasteiger partial charge in [0.25, 0.3) is 0 Å². The summed E-state index contributed by atoms with van der Waals surface area (Å²) in [5.41, 5.74) is 4.25. The van der Waals surface area contributed by atoms with Crippen molar-refractivity contribution in [2.75, 3.05) is 7.11 Å². The molecule has 0 heterocycles. The topological polar surface area (TPSA) is 9.23 Å². The molecule has 21 heavy (non-hydrogen) atoms. The zero-order chi connectivity index (χ0) is 14.9. The maximum Gasteiger partial charge on any atom is 0.118 e. The van der Waals surface area contributed by atoms with Crippen LogP contribution in [0.15, 0.2) is 66.2 Å². The van der Waals surface area contributed by atoms with Crippen LogP contribution in [0.3, 0.4) is 0 Å². The van der Waals surface area contributed by atoms with Crippen molar-refractivity contribution in [1.29, 1.82) is 0 Å². The Morgan fingerprint density at radius 3 is 2.24 bits per heavy atom. The van der Waals surface area contributed by atoms with Crippen LogP contribution in [0.5, 0.6) is 5.75 Å². The minimum Gasteiger partial charge on any atom is -0.497 e. The fourth-order valence-electron chi connectivity index (χ4n) is 2.37. The van der Waals surface area contributed by atoms with Gasteiger partial charge in [0, 0.05) is 0 Å². The normalized spacial score (nSPS) is 11.4. The third-order valence-electron chi connectivity index (χ3n) is 3.74. The third-order valence-corrected chi connectivity index (χ3v) is 3.74. The van der Waals surface area contributed by atoms with E-state index in [1.54, 1.807) is 7.11 Å². The van der Waals surface area contributed by atoms with E-state index in [0.29, 0.717) is 0 Å². The molecule has 0 bridgehead atoms. The van der Waals surface area contributed by atoms with E-state index in [-0.39, 0.29) is 0 Å². The average Bonchev–Trinajstić information content (AvgIpc) is 2.54. The summed E-state index contributed by atoms with van der Waals surface area (Å²) in [6.45, 7) is 2.23. The van der Waals surface area contributed by atoms with E-state index in [1.807, 2.05) is 12.1 Å². The highest BCUT2D eigenvalue weighted by Gasteiger charge is 1.97. The van der Waals surface area contributed by atoms with Crippen LogP contribution in [0, 0.1) is 0 Å². The van der Waals surface area contributed by atoms with E-state index >= 15 is 0 Å². The van der Waals surface area contributed by atoms with Gasteiger partial charge in [0.1, 0.15) is 5.75 Å². The molecule has 0 unspecified atom stereocenters. The number of methoxy groups -OCH3 is 1. The monoisotopic (exact) mass is 280 g/mol. The number of benzene rings is 2. The Morgan fingerprint density at radius 1 is 0.905 bits per heavy atom. The van der Waals surface area contributed by atoms with Gasteiger partial charge in [-0.25, -0.2) is 0 Å². The Kier molecular flexibility index (Phi) is 6.08. The van der Waals surface area contributed by atoms with Crippen LogP contribution in [-0.4, -0.2) is 7.11 Å². The number of hydrogen-bond donors (Lipinski definition) is 0. The van der Waals surface area contributed by atoms with E-state index in [1.165, 1.54) is 16.7 Å². The van der Waals surface area contributed by atoms with E-state index in [9.17, 15) is 0 Å². The molecule has 0 aliphatic rings. The standard InChI is InChI=1S/C20H24O/c1-17(7-6-10-18-8-4-3-5-9-18)11-12-19-13-15-20(21-2)16-14-19/h3-5,7-9,13-16H,6,10-12H2,1-2H3. The van der Waals surface area contributed by atoms with Crippen LogP contribution >= 0.6 is 0 Å². The number of hydrogen-bond acceptors (Lipinski definition) is 1. The molecule has 2 rings (SSSR count). The highest BCUT2D eigenvalue weighted by molar-refractivity contribution is 5.27. The molecule has 0 atom stereocenters. The summed E-state index contributed by atoms with van der Waals surface area (Å²) in [7, 11) is 1.70. The van der Waals surface area contributed by atoms with Gasteiger partial charge >= 0.3 is 0 Å². The molecular weight excluding hydrogens is 256 g/mol. The lowest BCUT2D eigenvalue weighted by atomic mass is 10.0. The van der Waals surface area contributed by atoms with E-state index in [4.69, 9.17) is 4.74 Å². The van der Waals surface area contributed by atoms with Gasteiger partial charge in [-0.15, -0.1) is 0 Å². The Labute approximate surface area is 128 Å². The molecule has 2 aromatic carbocycles. The Bertz CT molecular complexity index is 552. The van der Waals surface area contributed by atoms with Crippen LogP contribution in [0.4, 0.5) is 0 Å². The van der Waals surface area contributed by atoms with Gasteiger partial charge in [0.15, 0.2) is 0 Å². The summed E-state index contributed by atoms with van der Waals surface area (Å²) in [5, 5.41) is 0. The van der Waals surface area contributed by atoms with Gasteiger partial charge < -0.3 is 4.74 Å². The predicted molar refractivity (Wildman–Crippen MR) is 89.8 cm³/mol. The van der Waals surface area contributed by atoms with Crippen LogP contribution in [0.25, 0.3) is 0 Å². The van der Waals surface area contributed by atoms with Crippen molar-refractivity contribution in [3.05, 3.63) is 77.4 Å². The number of ether oxygens (including phenoxy) is 1. The maximum atomic E-state index is 5.18. The molecule has 0 fully saturated rings. The first-order chi connectivity index (χ1) is 10.3. The zero-order valence-corrected chi connectivity index (χ0v) is 13.0. The van der Waals surface area contributed by atoms with Crippen molar-refractivity contribution in [2.24, 2.45) is 0 Å². The summed E-state index contributed by atoms with van der Waals surface area (Å²) in [6.07, 6.45) is 6.84. The molecule has 0 saturated carbocycles. The number of allylic oxidation sites excluding steroid dienone is 2. The summed E-state index contributed by atoms with van der Waals surface area (Å²) in [5.74, 6) is 0.925. The van der Waals surface area contributed by atoms with E-state index in [0.717, 1.165) is 31.4 Å². The largest absolute Gasteiger partial charge is 0.497 e. The Morgan fingerprint density at radius 2 is 1.57 bits per heavy atom. The van der Waals surface area contributed by atoms with Gasteiger partial charge in [-0.1, -0.05) is 54.1 Å². The molecule has 0 aliphatic heterocycles. The SMILES string of the molecule is COc1ccc(CCC(C)=CCCc2ccccc2)cc1. The summed E-state index contributed by atoms with van der Waals surface area (Å²) >= 11 is 0. The fourth-order valence-corrected chi connectivity index (χ4v) is 2.37. The number of rotatable bonds is 7. The molecule has 0 aromatic heterocycles. The molecule has 0 amide bonds. The van der Waals surface area contributed by atoms with Gasteiger partial charge in [-0.2, -0.15) is 0 Å². The molecule has 2 aromatic rings. The molecule has 0 aliphatic carbocycles. The summed E-state index contributed by atoms with van der Waals surface area (Å²) < 4.78 is 5.18. The molecule has 1 nitrogen and oxygen atoms in total. The van der Waals surface area contributed by atoms with Crippen molar-refractivity contribution >= 4 is 0 Å². The van der Waals surface area contributed by atoms with Crippen molar-refractivity contribution in [3.8, 4) is 5.75 Å². The summed E-state index contributed by atoms with van der Waals surface area (Å²) in [4.78, 5) is 0. The van der Waals surface area contributed by atoms with E-state index < -0.39 is 0 Å². The van der Waals surface area contributed by atoms with Crippen LogP contribution in [0.2, 0.25) is 0 Å². The summed E-state index contributed by atoms with van der Waals surface area (Å²) in [6, 6.07) is 19.0. The molecule has 0 spiro atoms. The molecule has 1 heteroatoms. The molecule has 0 saturated heterocycles. The van der Waals surface area contributed by atoms with E-state index in [2.05, 4.69) is 55.5 Å². The van der Waals surface area contributed by atoms with Crippen LogP contribution in [-0.2, 0) is 12.8 Å². The molecule has 0 N–H and O–H groups in total. The van der Waals surface area contributed by atoms with Gasteiger partial charge in [0.2, 0.25) is 0 Å². The Hall–Kier alpha value is -2.02. The van der Waals surface area contributed by atoms with Crippen molar-refractivity contribution in [2.45, 2.75) is 32.6 Å². The highest BCUT2D eigenvalue weighted by atomic mass is 16.5. The van der Waals surface area contributed by atoms with Crippen molar-refractivity contribution in [3.63, 3.8) is 0 Å². The minimum absolute atomic E-state index is 0.925. The van der Waals surface area contributed by atoms with Crippen molar-refractivity contribution < 1.29 is 4.74 Å². The lowest BCUT2D eigenvalue weighted by Crippen LogP contribution is -1.89. The zero-order valence-electron chi connectivity index (χ0n) is 13.0. The first-order valence-corrected chi connectivity index (χ1v) is 7.60. The van der Waals surface area contributed by atoms with Crippen LogP contribution < -0.4 is 4.74 Å². The lowest BCUT2D eigenvalue weighted by Gasteiger charge is -2.04. The maximum absolute atomic E-state index is 5.18. The first-order valence-electron chi connectivity index (χ1n) is 7.60. The quantitative estimate of drug-likeness (QED) is 0.633. The second-order valence-corrected chi connectivity index (χ2v) is 5.42. The molecular formula is C20H24O. The van der Waals surface area contributed by atoms with Crippen LogP contribution in [0.1, 0.15) is 30.9 Å². The van der Waals surface area contributed by atoms with Gasteiger partial charge in [-0.3, -0.25) is 0 Å². The van der Waals surface area contributed by atoms with Gasteiger partial charge in [-0.05, 0) is 55.9 Å². The minimum atomic E-state index is 0.925. The average molecular weight is 280 g/mol. The number of aryl methyl sites for hydroxylation is 2. The first kappa shape index (κ1) is 15.4. The fraction of sp³-hybridized carbons (Fsp3) is 0.300. The smallest absolute Gasteiger partial charge is 0.118 e. The van der Waals surface area contributed by atoms with Gasteiger partial charge in [0.05, 0.1) is 7.11 Å². The lowest BCUT2D eigenvalue weighted by molar-refractivity contribution is 0.414. The second-order valence-electron chi connectivity index (χ2n) is 5.42. The second kappa shape index (κ2) is 8.31. The van der Waals surface area contributed by atoms with Crippen molar-refractivity contribution in [1.82, 2.24) is 0 Å². The molecule has 110 valence electrons. The Balaban J connectivity index is 1.75.